The molecule has 2 aromatic rings. The van der Waals surface area contributed by atoms with Crippen LogP contribution in [0.1, 0.15) is 19.7 Å². The summed E-state index contributed by atoms with van der Waals surface area (Å²) < 4.78 is 10.9. The van der Waals surface area contributed by atoms with E-state index in [1.807, 2.05) is 12.1 Å². The highest BCUT2D eigenvalue weighted by Crippen LogP contribution is 2.19. The fraction of sp³-hybridized carbons (Fsp3) is 0.500. The smallest absolute Gasteiger partial charge is 0.209 e. The molecule has 0 aliphatic carbocycles. The van der Waals surface area contributed by atoms with Crippen LogP contribution in [0.4, 0.5) is 5.69 Å². The maximum atomic E-state index is 5.74. The second-order valence-corrected chi connectivity index (χ2v) is 4.70. The van der Waals surface area contributed by atoms with Crippen LogP contribution in [0.25, 0.3) is 11.1 Å². The van der Waals surface area contributed by atoms with Gasteiger partial charge >= 0.3 is 0 Å². The van der Waals surface area contributed by atoms with Gasteiger partial charge in [-0.15, -0.1) is 0 Å². The molecule has 19 heavy (non-hydrogen) atoms. The first-order chi connectivity index (χ1) is 9.13. The van der Waals surface area contributed by atoms with Crippen molar-refractivity contribution in [2.75, 3.05) is 26.0 Å². The summed E-state index contributed by atoms with van der Waals surface area (Å²) in [6.07, 6.45) is 0. The van der Waals surface area contributed by atoms with Gasteiger partial charge in [0.15, 0.2) is 5.58 Å². The number of methoxy groups -OCH3 is 1. The van der Waals surface area contributed by atoms with E-state index in [9.17, 15) is 0 Å². The minimum absolute atomic E-state index is 0.329. The molecule has 0 amide bonds. The normalized spacial score (nSPS) is 13.3. The highest BCUT2D eigenvalue weighted by molar-refractivity contribution is 5.76. The fourth-order valence-electron chi connectivity index (χ4n) is 2.16. The lowest BCUT2D eigenvalue weighted by molar-refractivity contribution is 0.0928. The van der Waals surface area contributed by atoms with Crippen molar-refractivity contribution in [2.24, 2.45) is 0 Å². The topological polar surface area (TPSA) is 64.5 Å². The van der Waals surface area contributed by atoms with Crippen LogP contribution in [0.5, 0.6) is 0 Å². The zero-order valence-electron chi connectivity index (χ0n) is 11.7. The quantitative estimate of drug-likeness (QED) is 0.810. The van der Waals surface area contributed by atoms with Crippen LogP contribution in [-0.2, 0) is 11.3 Å². The van der Waals surface area contributed by atoms with E-state index in [2.05, 4.69) is 23.7 Å². The minimum atomic E-state index is 0.329. The largest absolute Gasteiger partial charge is 0.439 e. The van der Waals surface area contributed by atoms with Crippen LogP contribution in [0.3, 0.4) is 0 Å². The van der Waals surface area contributed by atoms with Crippen LogP contribution in [0, 0.1) is 0 Å². The highest BCUT2D eigenvalue weighted by atomic mass is 16.5. The summed E-state index contributed by atoms with van der Waals surface area (Å²) in [4.78, 5) is 6.74. The van der Waals surface area contributed by atoms with Gasteiger partial charge in [-0.1, -0.05) is 6.92 Å². The summed E-state index contributed by atoms with van der Waals surface area (Å²) in [5.41, 5.74) is 8.01. The van der Waals surface area contributed by atoms with Gasteiger partial charge in [0.05, 0.1) is 13.2 Å². The minimum Gasteiger partial charge on any atom is -0.439 e. The first-order valence-electron chi connectivity index (χ1n) is 6.52. The Morgan fingerprint density at radius 1 is 1.47 bits per heavy atom. The van der Waals surface area contributed by atoms with Crippen LogP contribution >= 0.6 is 0 Å². The maximum absolute atomic E-state index is 5.74. The molecule has 1 unspecified atom stereocenters. The molecule has 2 N–H and O–H groups in total. The van der Waals surface area contributed by atoms with Crippen molar-refractivity contribution in [3.05, 3.63) is 24.1 Å². The number of aromatic nitrogens is 1. The molecule has 1 atom stereocenters. The Balaban J connectivity index is 2.15. The molecule has 5 heteroatoms. The number of oxazole rings is 1. The number of anilines is 1. The number of nitrogen functional groups attached to an aromatic ring is 1. The highest BCUT2D eigenvalue weighted by Gasteiger charge is 2.15. The second-order valence-electron chi connectivity index (χ2n) is 4.70. The third-order valence-corrected chi connectivity index (χ3v) is 3.23. The molecule has 0 radical (unpaired) electrons. The van der Waals surface area contributed by atoms with Crippen LogP contribution in [0.15, 0.2) is 22.6 Å². The summed E-state index contributed by atoms with van der Waals surface area (Å²) >= 11 is 0. The first kappa shape index (κ1) is 13.8. The fourth-order valence-corrected chi connectivity index (χ4v) is 2.16. The predicted molar refractivity (Wildman–Crippen MR) is 75.8 cm³/mol. The summed E-state index contributed by atoms with van der Waals surface area (Å²) in [6.45, 7) is 6.54. The molecule has 1 heterocycles. The Bertz CT molecular complexity index is 538. The summed E-state index contributed by atoms with van der Waals surface area (Å²) in [5.74, 6) is 0.713. The molecular formula is C14H21N3O2. The average Bonchev–Trinajstić information content (AvgIpc) is 2.77. The lowest BCUT2D eigenvalue weighted by Crippen LogP contribution is -2.35. The van der Waals surface area contributed by atoms with Crippen molar-refractivity contribution in [1.29, 1.82) is 0 Å². The number of nitrogens with two attached hydrogens (primary N) is 1. The standard InChI is InChI=1S/C14H21N3O2/c1-4-17(10(2)9-18-3)8-14-16-12-6-5-11(15)7-13(12)19-14/h5-7,10H,4,8-9,15H2,1-3H3. The van der Waals surface area contributed by atoms with Crippen molar-refractivity contribution in [2.45, 2.75) is 26.4 Å². The van der Waals surface area contributed by atoms with E-state index < -0.39 is 0 Å². The third-order valence-electron chi connectivity index (χ3n) is 3.23. The molecule has 0 aliphatic heterocycles. The van der Waals surface area contributed by atoms with Gasteiger partial charge in [0.2, 0.25) is 5.89 Å². The molecule has 104 valence electrons. The monoisotopic (exact) mass is 263 g/mol. The van der Waals surface area contributed by atoms with Crippen molar-refractivity contribution >= 4 is 16.8 Å². The maximum Gasteiger partial charge on any atom is 0.209 e. The predicted octanol–water partition coefficient (Wildman–Crippen LogP) is 2.27. The molecule has 1 aromatic carbocycles. The van der Waals surface area contributed by atoms with Crippen LogP contribution in [-0.4, -0.2) is 36.2 Å². The van der Waals surface area contributed by atoms with Crippen molar-refractivity contribution in [3.8, 4) is 0 Å². The van der Waals surface area contributed by atoms with E-state index in [1.54, 1.807) is 13.2 Å². The molecule has 5 nitrogen and oxygen atoms in total. The van der Waals surface area contributed by atoms with Crippen LogP contribution < -0.4 is 5.73 Å². The SMILES string of the molecule is CCN(Cc1nc2ccc(N)cc2o1)C(C)COC. The molecule has 0 spiro atoms. The van der Waals surface area contributed by atoms with E-state index in [1.165, 1.54) is 0 Å². The van der Waals surface area contributed by atoms with E-state index >= 15 is 0 Å². The van der Waals surface area contributed by atoms with Gasteiger partial charge in [-0.3, -0.25) is 4.90 Å². The van der Waals surface area contributed by atoms with Gasteiger partial charge < -0.3 is 14.9 Å². The number of fused-ring (bicyclic) bond motifs is 1. The summed E-state index contributed by atoms with van der Waals surface area (Å²) in [6, 6.07) is 5.85. The van der Waals surface area contributed by atoms with Crippen molar-refractivity contribution in [3.63, 3.8) is 0 Å². The van der Waals surface area contributed by atoms with E-state index in [-0.39, 0.29) is 0 Å². The molecule has 0 fully saturated rings. The van der Waals surface area contributed by atoms with E-state index in [0.29, 0.717) is 30.8 Å². The lowest BCUT2D eigenvalue weighted by Gasteiger charge is -2.25. The average molecular weight is 263 g/mol. The number of hydrogen-bond donors (Lipinski definition) is 1. The number of ether oxygens (including phenoxy) is 1. The Morgan fingerprint density at radius 2 is 2.26 bits per heavy atom. The number of hydrogen-bond acceptors (Lipinski definition) is 5. The van der Waals surface area contributed by atoms with Gasteiger partial charge in [0.25, 0.3) is 0 Å². The Hall–Kier alpha value is -1.59. The summed E-state index contributed by atoms with van der Waals surface area (Å²) in [7, 11) is 1.71. The van der Waals surface area contributed by atoms with E-state index in [0.717, 1.165) is 17.6 Å². The van der Waals surface area contributed by atoms with Gasteiger partial charge in [-0.25, -0.2) is 4.98 Å². The number of benzene rings is 1. The number of rotatable bonds is 6. The summed E-state index contributed by atoms with van der Waals surface area (Å²) in [5, 5.41) is 0. The molecule has 0 aliphatic rings. The van der Waals surface area contributed by atoms with Gasteiger partial charge in [0.1, 0.15) is 5.52 Å². The molecule has 0 saturated heterocycles. The van der Waals surface area contributed by atoms with Gasteiger partial charge in [-0.05, 0) is 25.6 Å². The Kier molecular flexibility index (Phi) is 4.39. The zero-order chi connectivity index (χ0) is 13.8. The molecule has 2 rings (SSSR count). The lowest BCUT2D eigenvalue weighted by atomic mass is 10.3. The molecule has 0 bridgehead atoms. The Labute approximate surface area is 113 Å². The molecule has 1 aromatic heterocycles. The number of likely N-dealkylation sites (N-methyl/N-ethyl adjacent to an activating group) is 1. The third kappa shape index (κ3) is 3.24. The van der Waals surface area contributed by atoms with Crippen LogP contribution in [0.2, 0.25) is 0 Å². The van der Waals surface area contributed by atoms with E-state index in [4.69, 9.17) is 14.9 Å². The zero-order valence-corrected chi connectivity index (χ0v) is 11.7. The molecule has 0 saturated carbocycles. The van der Waals surface area contributed by atoms with Gasteiger partial charge in [0, 0.05) is 24.9 Å². The van der Waals surface area contributed by atoms with Crippen molar-refractivity contribution < 1.29 is 9.15 Å². The van der Waals surface area contributed by atoms with Gasteiger partial charge in [-0.2, -0.15) is 0 Å². The second kappa shape index (κ2) is 6.04. The number of nitrogens with zero attached hydrogens (tertiary/aromatic N) is 2. The Morgan fingerprint density at radius 3 is 2.95 bits per heavy atom. The molecular weight excluding hydrogens is 242 g/mol. The van der Waals surface area contributed by atoms with Crippen molar-refractivity contribution in [1.82, 2.24) is 9.88 Å². The first-order valence-corrected chi connectivity index (χ1v) is 6.52.